The molecular weight excluding hydrogens is 421 g/mol. The van der Waals surface area contributed by atoms with Crippen LogP contribution in [0.5, 0.6) is 17.5 Å². The fraction of sp³-hybridized carbons (Fsp3) is 0.263. The van der Waals surface area contributed by atoms with Crippen molar-refractivity contribution in [3.63, 3.8) is 0 Å². The number of rotatable bonds is 6. The molecule has 1 aromatic carbocycles. The summed E-state index contributed by atoms with van der Waals surface area (Å²) in [5, 5.41) is 10.8. The lowest BCUT2D eigenvalue weighted by atomic mass is 10.2. The largest absolute Gasteiger partial charge is 0.456 e. The Hall–Kier alpha value is -3.67. The van der Waals surface area contributed by atoms with Crippen LogP contribution in [0.4, 0.5) is 19.0 Å². The monoisotopic (exact) mass is 436 g/mol. The van der Waals surface area contributed by atoms with E-state index in [-0.39, 0.29) is 36.9 Å². The number of imidazole rings is 1. The number of aromatic nitrogens is 3. The molecule has 0 unspecified atom stereocenters. The number of pyridine rings is 1. The molecule has 0 fully saturated rings. The number of nitro groups is 1. The fourth-order valence-electron chi connectivity index (χ4n) is 2.87. The third-order valence-electron chi connectivity index (χ3n) is 4.39. The van der Waals surface area contributed by atoms with E-state index < -0.39 is 16.7 Å². The van der Waals surface area contributed by atoms with Crippen molar-refractivity contribution in [3.05, 3.63) is 70.2 Å². The first-order chi connectivity index (χ1) is 14.8. The molecule has 0 N–H and O–H groups in total. The maximum Gasteiger partial charge on any atom is 0.416 e. The summed E-state index contributed by atoms with van der Waals surface area (Å²) in [4.78, 5) is 18.2. The molecule has 9 nitrogen and oxygen atoms in total. The van der Waals surface area contributed by atoms with E-state index in [1.807, 2.05) is 0 Å². The standard InChI is InChI=1S/C19H15F3N4O5/c20-19(21,22)12-1-4-14(5-2-12)31-15-6-3-13(23-7-15)10-29-16-8-25-9-17(26(27)28)24-18(25)30-11-16/h1-7,9,16H,8,10-11H2/t16-/m0/s1. The normalized spacial score (nSPS) is 15.8. The Bertz CT molecular complexity index is 1070. The van der Waals surface area contributed by atoms with Crippen LogP contribution in [-0.4, -0.2) is 32.2 Å². The molecule has 0 saturated heterocycles. The van der Waals surface area contributed by atoms with E-state index in [0.29, 0.717) is 18.0 Å². The lowest BCUT2D eigenvalue weighted by Gasteiger charge is -2.22. The van der Waals surface area contributed by atoms with Gasteiger partial charge in [0.2, 0.25) is 0 Å². The number of fused-ring (bicyclic) bond motifs is 1. The van der Waals surface area contributed by atoms with Crippen molar-refractivity contribution in [3.8, 4) is 17.5 Å². The highest BCUT2D eigenvalue weighted by atomic mass is 19.4. The van der Waals surface area contributed by atoms with Gasteiger partial charge in [-0.1, -0.05) is 0 Å². The Morgan fingerprint density at radius 1 is 1.19 bits per heavy atom. The van der Waals surface area contributed by atoms with Crippen LogP contribution in [0.2, 0.25) is 0 Å². The summed E-state index contributed by atoms with van der Waals surface area (Å²) in [5.41, 5.74) is -0.156. The molecule has 0 bridgehead atoms. The van der Waals surface area contributed by atoms with E-state index in [1.165, 1.54) is 29.1 Å². The van der Waals surface area contributed by atoms with Crippen LogP contribution in [0.15, 0.2) is 48.8 Å². The molecule has 0 spiro atoms. The molecule has 31 heavy (non-hydrogen) atoms. The number of alkyl halides is 3. The van der Waals surface area contributed by atoms with Gasteiger partial charge in [-0.05, 0) is 41.3 Å². The second kappa shape index (κ2) is 8.22. The van der Waals surface area contributed by atoms with Gasteiger partial charge in [-0.15, -0.1) is 0 Å². The van der Waals surface area contributed by atoms with E-state index >= 15 is 0 Å². The SMILES string of the molecule is O=[N+]([O-])c1cn2c(n1)OC[C@@H](OCc1ccc(Oc3ccc(C(F)(F)F)cc3)cn1)C2. The Balaban J connectivity index is 1.30. The van der Waals surface area contributed by atoms with E-state index in [0.717, 1.165) is 12.1 Å². The Kier molecular flexibility index (Phi) is 5.46. The topological polar surface area (TPSA) is 102 Å². The van der Waals surface area contributed by atoms with Gasteiger partial charge in [-0.3, -0.25) is 9.55 Å². The molecule has 3 aromatic rings. The van der Waals surface area contributed by atoms with Crippen LogP contribution in [0.3, 0.4) is 0 Å². The molecule has 3 heterocycles. The number of benzene rings is 1. The molecule has 4 rings (SSSR count). The minimum atomic E-state index is -4.40. The fourth-order valence-corrected chi connectivity index (χ4v) is 2.87. The summed E-state index contributed by atoms with van der Waals surface area (Å²) < 4.78 is 55.9. The van der Waals surface area contributed by atoms with Crippen molar-refractivity contribution in [2.75, 3.05) is 6.61 Å². The van der Waals surface area contributed by atoms with E-state index in [2.05, 4.69) is 9.97 Å². The quantitative estimate of drug-likeness (QED) is 0.426. The number of hydrogen-bond donors (Lipinski definition) is 0. The third-order valence-corrected chi connectivity index (χ3v) is 4.39. The van der Waals surface area contributed by atoms with Gasteiger partial charge in [0.25, 0.3) is 0 Å². The minimum absolute atomic E-state index is 0.167. The lowest BCUT2D eigenvalue weighted by Crippen LogP contribution is -2.32. The highest BCUT2D eigenvalue weighted by Crippen LogP contribution is 2.31. The average Bonchev–Trinajstić information content (AvgIpc) is 3.17. The molecule has 12 heteroatoms. The zero-order valence-electron chi connectivity index (χ0n) is 15.8. The summed E-state index contributed by atoms with van der Waals surface area (Å²) >= 11 is 0. The Labute approximate surface area is 173 Å². The molecule has 0 aliphatic carbocycles. The smallest absolute Gasteiger partial charge is 0.416 e. The van der Waals surface area contributed by atoms with Crippen LogP contribution in [-0.2, 0) is 24.1 Å². The van der Waals surface area contributed by atoms with Crippen molar-refractivity contribution in [1.82, 2.24) is 14.5 Å². The van der Waals surface area contributed by atoms with Gasteiger partial charge >= 0.3 is 18.0 Å². The van der Waals surface area contributed by atoms with Crippen LogP contribution < -0.4 is 9.47 Å². The van der Waals surface area contributed by atoms with Crippen LogP contribution >= 0.6 is 0 Å². The molecule has 1 aliphatic rings. The number of hydrogen-bond acceptors (Lipinski definition) is 7. The minimum Gasteiger partial charge on any atom is -0.456 e. The number of nitrogens with zero attached hydrogens (tertiary/aromatic N) is 4. The summed E-state index contributed by atoms with van der Waals surface area (Å²) in [6, 6.07) is 7.81. The molecule has 0 amide bonds. The number of ether oxygens (including phenoxy) is 3. The van der Waals surface area contributed by atoms with Crippen molar-refractivity contribution >= 4 is 5.82 Å². The molecule has 1 aliphatic heterocycles. The average molecular weight is 436 g/mol. The first-order valence-corrected chi connectivity index (χ1v) is 9.04. The van der Waals surface area contributed by atoms with Crippen LogP contribution in [0.25, 0.3) is 0 Å². The first-order valence-electron chi connectivity index (χ1n) is 9.04. The summed E-state index contributed by atoms with van der Waals surface area (Å²) in [7, 11) is 0. The highest BCUT2D eigenvalue weighted by molar-refractivity contribution is 5.33. The second-order valence-electron chi connectivity index (χ2n) is 6.64. The van der Waals surface area contributed by atoms with Crippen molar-refractivity contribution in [1.29, 1.82) is 0 Å². The summed E-state index contributed by atoms with van der Waals surface area (Å²) in [6.45, 7) is 0.718. The molecule has 0 saturated carbocycles. The van der Waals surface area contributed by atoms with E-state index in [1.54, 1.807) is 12.1 Å². The number of halogens is 3. The van der Waals surface area contributed by atoms with Crippen LogP contribution in [0.1, 0.15) is 11.3 Å². The van der Waals surface area contributed by atoms with Gasteiger partial charge in [-0.2, -0.15) is 13.2 Å². The Morgan fingerprint density at radius 2 is 1.94 bits per heavy atom. The molecule has 0 radical (unpaired) electrons. The highest BCUT2D eigenvalue weighted by Gasteiger charge is 2.30. The van der Waals surface area contributed by atoms with Gasteiger partial charge in [0.05, 0.1) is 30.6 Å². The third kappa shape index (κ3) is 4.91. The van der Waals surface area contributed by atoms with E-state index in [4.69, 9.17) is 14.2 Å². The zero-order chi connectivity index (χ0) is 22.0. The molecule has 162 valence electrons. The predicted octanol–water partition coefficient (Wildman–Crippen LogP) is 3.98. The summed E-state index contributed by atoms with van der Waals surface area (Å²) in [6.07, 6.45) is -2.02. The molecule has 2 aromatic heterocycles. The van der Waals surface area contributed by atoms with Gasteiger partial charge in [-0.25, -0.2) is 0 Å². The Morgan fingerprint density at radius 3 is 2.58 bits per heavy atom. The van der Waals surface area contributed by atoms with Crippen LogP contribution in [0, 0.1) is 10.1 Å². The maximum atomic E-state index is 12.6. The van der Waals surface area contributed by atoms with Gasteiger partial charge in [0, 0.05) is 4.98 Å². The predicted molar refractivity (Wildman–Crippen MR) is 98.7 cm³/mol. The van der Waals surface area contributed by atoms with Gasteiger partial charge < -0.3 is 24.3 Å². The van der Waals surface area contributed by atoms with Gasteiger partial charge in [0.1, 0.15) is 30.4 Å². The first kappa shape index (κ1) is 20.6. The van der Waals surface area contributed by atoms with Crippen molar-refractivity contribution in [2.24, 2.45) is 0 Å². The van der Waals surface area contributed by atoms with Crippen molar-refractivity contribution < 1.29 is 32.3 Å². The molecule has 1 atom stereocenters. The zero-order valence-corrected chi connectivity index (χ0v) is 15.8. The summed E-state index contributed by atoms with van der Waals surface area (Å²) in [5.74, 6) is 0.323. The molecular formula is C19H15F3N4O5. The maximum absolute atomic E-state index is 12.6. The second-order valence-corrected chi connectivity index (χ2v) is 6.64. The lowest BCUT2D eigenvalue weighted by molar-refractivity contribution is -0.389. The van der Waals surface area contributed by atoms with E-state index in [9.17, 15) is 23.3 Å². The van der Waals surface area contributed by atoms with Crippen molar-refractivity contribution in [2.45, 2.75) is 25.4 Å². The van der Waals surface area contributed by atoms with Gasteiger partial charge in [0.15, 0.2) is 0 Å².